The van der Waals surface area contributed by atoms with Gasteiger partial charge in [0.2, 0.25) is 5.88 Å². The molecule has 0 fully saturated rings. The van der Waals surface area contributed by atoms with Crippen LogP contribution in [0.4, 0.5) is 5.88 Å². The third-order valence-corrected chi connectivity index (χ3v) is 3.35. The van der Waals surface area contributed by atoms with E-state index in [1.54, 1.807) is 42.6 Å². The maximum absolute atomic E-state index is 12.3. The Morgan fingerprint density at radius 2 is 2.00 bits per heavy atom. The summed E-state index contributed by atoms with van der Waals surface area (Å²) in [4.78, 5) is 28.2. The summed E-state index contributed by atoms with van der Waals surface area (Å²) in [6.45, 7) is 1.87. The summed E-state index contributed by atoms with van der Waals surface area (Å²) >= 11 is 0. The molecule has 24 heavy (non-hydrogen) atoms. The Balaban J connectivity index is 1.96. The second-order valence-corrected chi connectivity index (χ2v) is 5.14. The molecule has 7 heteroatoms. The summed E-state index contributed by atoms with van der Waals surface area (Å²) < 4.78 is 5.11. The second-order valence-electron chi connectivity index (χ2n) is 5.14. The summed E-state index contributed by atoms with van der Waals surface area (Å²) in [5.74, 6) is -1.30. The number of rotatable bonds is 4. The molecule has 7 nitrogen and oxygen atoms in total. The topological polar surface area (TPSA) is 111 Å². The van der Waals surface area contributed by atoms with Crippen LogP contribution in [0.2, 0.25) is 0 Å². The van der Waals surface area contributed by atoms with Gasteiger partial charge in [-0.3, -0.25) is 19.9 Å². The lowest BCUT2D eigenvalue weighted by Gasteiger charge is -2.04. The van der Waals surface area contributed by atoms with E-state index in [4.69, 9.17) is 10.3 Å². The van der Waals surface area contributed by atoms with Gasteiger partial charge in [0, 0.05) is 11.8 Å². The van der Waals surface area contributed by atoms with E-state index >= 15 is 0 Å². The first-order valence-corrected chi connectivity index (χ1v) is 7.15. The van der Waals surface area contributed by atoms with Crippen LogP contribution in [-0.2, 0) is 0 Å². The first-order chi connectivity index (χ1) is 11.6. The van der Waals surface area contributed by atoms with Crippen LogP contribution >= 0.6 is 0 Å². The molecular weight excluding hydrogens is 308 g/mol. The van der Waals surface area contributed by atoms with Crippen LogP contribution in [0.15, 0.2) is 53.2 Å². The molecule has 3 aromatic rings. The van der Waals surface area contributed by atoms with Gasteiger partial charge in [0.25, 0.3) is 11.8 Å². The number of hydrogen-bond acceptors (Lipinski definition) is 5. The van der Waals surface area contributed by atoms with E-state index in [9.17, 15) is 9.59 Å². The third kappa shape index (κ3) is 3.00. The summed E-state index contributed by atoms with van der Waals surface area (Å²) in [6, 6.07) is 12.1. The number of primary amides is 1. The first-order valence-electron chi connectivity index (χ1n) is 7.15. The minimum absolute atomic E-state index is 0.0188. The molecule has 0 atom stereocenters. The fraction of sp³-hybridized carbons (Fsp3) is 0.0588. The van der Waals surface area contributed by atoms with Crippen LogP contribution in [-0.4, -0.2) is 22.0 Å². The van der Waals surface area contributed by atoms with Crippen LogP contribution in [0.1, 0.15) is 26.3 Å². The summed E-state index contributed by atoms with van der Waals surface area (Å²) in [7, 11) is 0. The van der Waals surface area contributed by atoms with Crippen LogP contribution in [0.3, 0.4) is 0 Å². The van der Waals surface area contributed by atoms with E-state index in [0.717, 1.165) is 5.56 Å². The molecule has 2 amide bonds. The van der Waals surface area contributed by atoms with Gasteiger partial charge in [-0.2, -0.15) is 0 Å². The van der Waals surface area contributed by atoms with Crippen LogP contribution in [0.5, 0.6) is 0 Å². The number of benzene rings is 1. The number of nitrogens with one attached hydrogen (secondary N) is 1. The Morgan fingerprint density at radius 1 is 1.17 bits per heavy atom. The van der Waals surface area contributed by atoms with Crippen molar-refractivity contribution in [2.24, 2.45) is 5.73 Å². The average molecular weight is 322 g/mol. The molecule has 1 aromatic carbocycles. The highest BCUT2D eigenvalue weighted by Gasteiger charge is 2.24. The fourth-order valence-electron chi connectivity index (χ4n) is 2.24. The predicted molar refractivity (Wildman–Crippen MR) is 87.4 cm³/mol. The lowest BCUT2D eigenvalue weighted by Crippen LogP contribution is -2.17. The zero-order valence-corrected chi connectivity index (χ0v) is 12.8. The van der Waals surface area contributed by atoms with Gasteiger partial charge in [-0.25, -0.2) is 0 Å². The highest BCUT2D eigenvalue weighted by Crippen LogP contribution is 2.27. The predicted octanol–water partition coefficient (Wildman–Crippen LogP) is 2.40. The fourth-order valence-corrected chi connectivity index (χ4v) is 2.24. The van der Waals surface area contributed by atoms with E-state index in [2.05, 4.69) is 15.5 Å². The SMILES string of the molecule is Cc1cccc(C(=O)Nc2onc(-c3ccccn3)c2C(N)=O)c1. The van der Waals surface area contributed by atoms with Crippen molar-refractivity contribution in [3.63, 3.8) is 0 Å². The van der Waals surface area contributed by atoms with Crippen molar-refractivity contribution in [1.29, 1.82) is 0 Å². The smallest absolute Gasteiger partial charge is 0.258 e. The standard InChI is InChI=1S/C17H14N4O3/c1-10-5-4-6-11(9-10)16(23)20-17-13(15(18)22)14(21-24-17)12-7-2-3-8-19-12/h2-9H,1H3,(H2,18,22)(H,20,23). The number of aryl methyl sites for hydroxylation is 1. The molecular formula is C17H14N4O3. The van der Waals surface area contributed by atoms with Gasteiger partial charge < -0.3 is 10.3 Å². The van der Waals surface area contributed by atoms with Crippen LogP contribution < -0.4 is 11.1 Å². The second kappa shape index (κ2) is 6.33. The quantitative estimate of drug-likeness (QED) is 0.766. The van der Waals surface area contributed by atoms with E-state index in [1.807, 2.05) is 13.0 Å². The van der Waals surface area contributed by atoms with Gasteiger partial charge in [-0.15, -0.1) is 0 Å². The molecule has 0 aliphatic carbocycles. The lowest BCUT2D eigenvalue weighted by molar-refractivity contribution is 0.100. The summed E-state index contributed by atoms with van der Waals surface area (Å²) in [6.07, 6.45) is 1.56. The highest BCUT2D eigenvalue weighted by molar-refractivity contribution is 6.09. The van der Waals surface area contributed by atoms with Crippen molar-refractivity contribution in [2.75, 3.05) is 5.32 Å². The molecule has 0 aliphatic rings. The first kappa shape index (κ1) is 15.4. The molecule has 0 aliphatic heterocycles. The van der Waals surface area contributed by atoms with Gasteiger partial charge in [0.15, 0.2) is 0 Å². The number of aromatic nitrogens is 2. The largest absolute Gasteiger partial charge is 0.365 e. The van der Waals surface area contributed by atoms with Crippen molar-refractivity contribution >= 4 is 17.7 Å². The monoisotopic (exact) mass is 322 g/mol. The van der Waals surface area contributed by atoms with E-state index in [-0.39, 0.29) is 17.1 Å². The molecule has 2 heterocycles. The Morgan fingerprint density at radius 3 is 2.67 bits per heavy atom. The van der Waals surface area contributed by atoms with Gasteiger partial charge in [-0.05, 0) is 31.2 Å². The highest BCUT2D eigenvalue weighted by atomic mass is 16.5. The number of amides is 2. The Bertz CT molecular complexity index is 903. The van der Waals surface area contributed by atoms with Crippen molar-refractivity contribution < 1.29 is 14.1 Å². The number of hydrogen-bond donors (Lipinski definition) is 2. The van der Waals surface area contributed by atoms with Gasteiger partial charge in [-0.1, -0.05) is 28.9 Å². The van der Waals surface area contributed by atoms with Gasteiger partial charge in [0.1, 0.15) is 11.3 Å². The Hall–Kier alpha value is -3.48. The maximum Gasteiger partial charge on any atom is 0.258 e. The average Bonchev–Trinajstić information content (AvgIpc) is 2.99. The molecule has 0 unspecified atom stereocenters. The van der Waals surface area contributed by atoms with Crippen molar-refractivity contribution in [3.8, 4) is 11.4 Å². The summed E-state index contributed by atoms with van der Waals surface area (Å²) in [5, 5.41) is 6.35. The van der Waals surface area contributed by atoms with Crippen molar-refractivity contribution in [1.82, 2.24) is 10.1 Å². The normalized spacial score (nSPS) is 10.4. The number of anilines is 1. The zero-order chi connectivity index (χ0) is 17.1. The Labute approximate surface area is 137 Å². The lowest BCUT2D eigenvalue weighted by atomic mass is 10.1. The van der Waals surface area contributed by atoms with Crippen molar-refractivity contribution in [3.05, 3.63) is 65.4 Å². The van der Waals surface area contributed by atoms with E-state index < -0.39 is 11.8 Å². The number of nitrogens with two attached hydrogens (primary N) is 1. The number of carbonyl (C=O) groups excluding carboxylic acids is 2. The minimum Gasteiger partial charge on any atom is -0.365 e. The molecule has 3 N–H and O–H groups in total. The third-order valence-electron chi connectivity index (χ3n) is 3.35. The molecule has 0 bridgehead atoms. The molecule has 0 saturated heterocycles. The molecule has 120 valence electrons. The molecule has 3 rings (SSSR count). The molecule has 0 radical (unpaired) electrons. The van der Waals surface area contributed by atoms with Crippen LogP contribution in [0.25, 0.3) is 11.4 Å². The number of pyridine rings is 1. The Kier molecular flexibility index (Phi) is 4.07. The molecule has 0 saturated carbocycles. The van der Waals surface area contributed by atoms with Gasteiger partial charge >= 0.3 is 0 Å². The maximum atomic E-state index is 12.3. The molecule has 0 spiro atoms. The minimum atomic E-state index is -0.767. The van der Waals surface area contributed by atoms with E-state index in [0.29, 0.717) is 11.3 Å². The van der Waals surface area contributed by atoms with Crippen molar-refractivity contribution in [2.45, 2.75) is 6.92 Å². The van der Waals surface area contributed by atoms with Gasteiger partial charge in [0.05, 0.1) is 5.69 Å². The number of carbonyl (C=O) groups is 2. The van der Waals surface area contributed by atoms with E-state index in [1.165, 1.54) is 0 Å². The number of nitrogens with zero attached hydrogens (tertiary/aromatic N) is 2. The van der Waals surface area contributed by atoms with Crippen LogP contribution in [0, 0.1) is 6.92 Å². The zero-order valence-electron chi connectivity index (χ0n) is 12.8. The summed E-state index contributed by atoms with van der Waals surface area (Å²) in [5.41, 5.74) is 7.37. The molecule has 2 aromatic heterocycles.